The number of nitrogens with zero attached hydrogens (tertiary/aromatic N) is 1. The molecule has 5 heteroatoms. The Bertz CT molecular complexity index is 836. The summed E-state index contributed by atoms with van der Waals surface area (Å²) in [4.78, 5) is 16.0. The Labute approximate surface area is 151 Å². The van der Waals surface area contributed by atoms with Crippen LogP contribution >= 0.6 is 11.6 Å². The summed E-state index contributed by atoms with van der Waals surface area (Å²) in [5, 5.41) is 3.24. The van der Waals surface area contributed by atoms with E-state index < -0.39 is 0 Å². The Kier molecular flexibility index (Phi) is 5.65. The fraction of sp³-hybridized carbons (Fsp3) is 0.100. The summed E-state index contributed by atoms with van der Waals surface area (Å²) >= 11 is 5.77. The number of carbonyl (C=O) groups excluding carboxylic acids is 1. The van der Waals surface area contributed by atoms with Crippen molar-refractivity contribution in [3.05, 3.63) is 77.9 Å². The van der Waals surface area contributed by atoms with Crippen molar-refractivity contribution in [1.29, 1.82) is 0 Å². The Morgan fingerprint density at radius 3 is 2.52 bits per heavy atom. The van der Waals surface area contributed by atoms with Crippen LogP contribution < -0.4 is 10.1 Å². The number of rotatable bonds is 6. The third-order valence-corrected chi connectivity index (χ3v) is 3.78. The van der Waals surface area contributed by atoms with Gasteiger partial charge in [-0.2, -0.15) is 0 Å². The molecule has 0 aliphatic rings. The molecule has 0 unspecified atom stereocenters. The quantitative estimate of drug-likeness (QED) is 0.692. The fourth-order valence-electron chi connectivity index (χ4n) is 2.36. The van der Waals surface area contributed by atoms with E-state index in [-0.39, 0.29) is 18.9 Å². The highest BCUT2D eigenvalue weighted by Gasteiger charge is 2.07. The van der Waals surface area contributed by atoms with Crippen LogP contribution in [0.5, 0.6) is 5.75 Å². The Morgan fingerprint density at radius 2 is 1.76 bits per heavy atom. The molecule has 3 rings (SSSR count). The molecule has 1 heterocycles. The van der Waals surface area contributed by atoms with Gasteiger partial charge in [0, 0.05) is 11.8 Å². The van der Waals surface area contributed by atoms with Gasteiger partial charge in [-0.3, -0.25) is 4.79 Å². The zero-order valence-electron chi connectivity index (χ0n) is 13.5. The summed E-state index contributed by atoms with van der Waals surface area (Å²) in [5.74, 6) is 1.07. The number of aromatic nitrogens is 1. The van der Waals surface area contributed by atoms with Gasteiger partial charge in [-0.1, -0.05) is 60.1 Å². The molecule has 0 atom stereocenters. The minimum Gasteiger partial charge on any atom is -0.492 e. The van der Waals surface area contributed by atoms with Crippen LogP contribution in [0.25, 0.3) is 11.1 Å². The summed E-state index contributed by atoms with van der Waals surface area (Å²) in [5.41, 5.74) is 2.08. The lowest BCUT2D eigenvalue weighted by Gasteiger charge is -2.11. The van der Waals surface area contributed by atoms with E-state index >= 15 is 0 Å². The van der Waals surface area contributed by atoms with Gasteiger partial charge in [-0.05, 0) is 23.8 Å². The van der Waals surface area contributed by atoms with Crippen LogP contribution in [0, 0.1) is 0 Å². The normalized spacial score (nSPS) is 10.3. The Hall–Kier alpha value is -2.85. The number of hydrogen-bond donors (Lipinski definition) is 1. The Balaban J connectivity index is 1.57. The summed E-state index contributed by atoms with van der Waals surface area (Å²) < 4.78 is 5.82. The van der Waals surface area contributed by atoms with Gasteiger partial charge in [-0.15, -0.1) is 0 Å². The average Bonchev–Trinajstić information content (AvgIpc) is 2.65. The Morgan fingerprint density at radius 1 is 1.00 bits per heavy atom. The van der Waals surface area contributed by atoms with E-state index in [0.717, 1.165) is 16.9 Å². The van der Waals surface area contributed by atoms with Gasteiger partial charge in [-0.25, -0.2) is 4.98 Å². The first-order valence-electron chi connectivity index (χ1n) is 7.91. The van der Waals surface area contributed by atoms with Gasteiger partial charge in [0.25, 0.3) is 0 Å². The standard InChI is InChI=1S/C20H17ClN2O2/c21-16-10-11-19(22-14-16)23-20(24)12-13-25-18-9-5-4-8-17(18)15-6-2-1-3-7-15/h1-11,14H,12-13H2,(H,22,23,24). The monoisotopic (exact) mass is 352 g/mol. The van der Waals surface area contributed by atoms with E-state index in [2.05, 4.69) is 10.3 Å². The van der Waals surface area contributed by atoms with Gasteiger partial charge >= 0.3 is 0 Å². The van der Waals surface area contributed by atoms with Crippen LogP contribution in [-0.4, -0.2) is 17.5 Å². The number of ether oxygens (including phenoxy) is 1. The maximum atomic E-state index is 12.0. The van der Waals surface area contributed by atoms with Crippen molar-refractivity contribution in [2.75, 3.05) is 11.9 Å². The maximum absolute atomic E-state index is 12.0. The minimum absolute atomic E-state index is 0.160. The molecule has 0 spiro atoms. The van der Waals surface area contributed by atoms with E-state index in [1.807, 2.05) is 54.6 Å². The molecule has 0 saturated carbocycles. The lowest BCUT2D eigenvalue weighted by atomic mass is 10.1. The zero-order valence-corrected chi connectivity index (χ0v) is 14.2. The van der Waals surface area contributed by atoms with E-state index in [1.54, 1.807) is 12.1 Å². The minimum atomic E-state index is -0.160. The third-order valence-electron chi connectivity index (χ3n) is 3.55. The lowest BCUT2D eigenvalue weighted by molar-refractivity contribution is -0.116. The molecule has 4 nitrogen and oxygen atoms in total. The summed E-state index contributed by atoms with van der Waals surface area (Å²) in [6.45, 7) is 0.281. The van der Waals surface area contributed by atoms with Gasteiger partial charge in [0.1, 0.15) is 11.6 Å². The number of halogens is 1. The van der Waals surface area contributed by atoms with Crippen molar-refractivity contribution in [3.8, 4) is 16.9 Å². The van der Waals surface area contributed by atoms with Crippen LogP contribution in [0.4, 0.5) is 5.82 Å². The average molecular weight is 353 g/mol. The first-order chi connectivity index (χ1) is 12.2. The molecule has 1 N–H and O–H groups in total. The van der Waals surface area contributed by atoms with Gasteiger partial charge < -0.3 is 10.1 Å². The van der Waals surface area contributed by atoms with Crippen LogP contribution in [0.3, 0.4) is 0 Å². The van der Waals surface area contributed by atoms with Gasteiger partial charge in [0.2, 0.25) is 5.91 Å². The van der Waals surface area contributed by atoms with Crippen molar-refractivity contribution in [2.24, 2.45) is 0 Å². The molecule has 1 amide bonds. The molecule has 3 aromatic rings. The van der Waals surface area contributed by atoms with Crippen LogP contribution in [0.1, 0.15) is 6.42 Å². The highest BCUT2D eigenvalue weighted by atomic mass is 35.5. The number of amides is 1. The molecule has 1 aromatic heterocycles. The number of anilines is 1. The summed E-state index contributed by atoms with van der Waals surface area (Å²) in [6.07, 6.45) is 1.72. The smallest absolute Gasteiger partial charge is 0.228 e. The van der Waals surface area contributed by atoms with Gasteiger partial charge in [0.05, 0.1) is 18.1 Å². The second-order valence-corrected chi connectivity index (χ2v) is 5.81. The molecule has 2 aromatic carbocycles. The second-order valence-electron chi connectivity index (χ2n) is 5.37. The van der Waals surface area contributed by atoms with Crippen molar-refractivity contribution in [3.63, 3.8) is 0 Å². The number of pyridine rings is 1. The van der Waals surface area contributed by atoms with Crippen LogP contribution in [0.2, 0.25) is 5.02 Å². The molecule has 0 fully saturated rings. The summed E-state index contributed by atoms with van der Waals surface area (Å²) in [7, 11) is 0. The predicted octanol–water partition coefficient (Wildman–Crippen LogP) is 4.81. The van der Waals surface area contributed by atoms with Crippen LogP contribution in [0.15, 0.2) is 72.9 Å². The van der Waals surface area contributed by atoms with Crippen molar-refractivity contribution < 1.29 is 9.53 Å². The molecular formula is C20H17ClN2O2. The molecule has 126 valence electrons. The molecule has 0 bridgehead atoms. The molecule has 0 aliphatic carbocycles. The highest BCUT2D eigenvalue weighted by Crippen LogP contribution is 2.29. The second kappa shape index (κ2) is 8.31. The predicted molar refractivity (Wildman–Crippen MR) is 99.9 cm³/mol. The molecule has 25 heavy (non-hydrogen) atoms. The number of nitrogens with one attached hydrogen (secondary N) is 1. The highest BCUT2D eigenvalue weighted by molar-refractivity contribution is 6.30. The largest absolute Gasteiger partial charge is 0.492 e. The lowest BCUT2D eigenvalue weighted by Crippen LogP contribution is -2.16. The number of benzene rings is 2. The first-order valence-corrected chi connectivity index (χ1v) is 8.29. The summed E-state index contributed by atoms with van der Waals surface area (Å²) in [6, 6.07) is 21.1. The van der Waals surface area contributed by atoms with E-state index in [0.29, 0.717) is 10.8 Å². The van der Waals surface area contributed by atoms with E-state index in [9.17, 15) is 4.79 Å². The molecule has 0 radical (unpaired) electrons. The van der Waals surface area contributed by atoms with Crippen molar-refractivity contribution in [1.82, 2.24) is 4.98 Å². The molecule has 0 saturated heterocycles. The SMILES string of the molecule is O=C(CCOc1ccccc1-c1ccccc1)Nc1ccc(Cl)cn1. The van der Waals surface area contributed by atoms with Crippen molar-refractivity contribution in [2.45, 2.75) is 6.42 Å². The maximum Gasteiger partial charge on any atom is 0.228 e. The van der Waals surface area contributed by atoms with Gasteiger partial charge in [0.15, 0.2) is 0 Å². The number of hydrogen-bond acceptors (Lipinski definition) is 3. The molecular weight excluding hydrogens is 336 g/mol. The third kappa shape index (κ3) is 4.81. The fourth-order valence-corrected chi connectivity index (χ4v) is 2.47. The number of carbonyl (C=O) groups is 1. The first kappa shape index (κ1) is 17.0. The number of para-hydroxylation sites is 1. The molecule has 0 aliphatic heterocycles. The van der Waals surface area contributed by atoms with Crippen LogP contribution in [-0.2, 0) is 4.79 Å². The van der Waals surface area contributed by atoms with E-state index in [4.69, 9.17) is 16.3 Å². The van der Waals surface area contributed by atoms with E-state index in [1.165, 1.54) is 6.20 Å². The topological polar surface area (TPSA) is 51.2 Å². The zero-order chi connectivity index (χ0) is 17.5. The van der Waals surface area contributed by atoms with Crippen molar-refractivity contribution >= 4 is 23.3 Å².